The van der Waals surface area contributed by atoms with E-state index < -0.39 is 0 Å². The number of para-hydroxylation sites is 1. The molecule has 0 unspecified atom stereocenters. The maximum Gasteiger partial charge on any atom is 0.0624 e. The van der Waals surface area contributed by atoms with E-state index >= 15 is 0 Å². The Labute approximate surface area is 148 Å². The summed E-state index contributed by atoms with van der Waals surface area (Å²) in [6.07, 6.45) is 0. The van der Waals surface area contributed by atoms with Crippen molar-refractivity contribution in [3.05, 3.63) is 95.1 Å². The highest BCUT2D eigenvalue weighted by Gasteiger charge is 2.10. The number of H-pyrrole nitrogens is 1. The van der Waals surface area contributed by atoms with Gasteiger partial charge in [0.25, 0.3) is 0 Å². The van der Waals surface area contributed by atoms with E-state index in [1.165, 1.54) is 16.5 Å². The molecule has 4 rings (SSSR count). The Kier molecular flexibility index (Phi) is 3.88. The molecule has 0 atom stereocenters. The van der Waals surface area contributed by atoms with E-state index in [1.807, 2.05) is 6.07 Å². The highest BCUT2D eigenvalue weighted by Crippen LogP contribution is 2.29. The fraction of sp³-hybridized carbons (Fsp3) is 0.0833. The molecule has 0 bridgehead atoms. The number of benzene rings is 3. The number of aryl methyl sites for hydroxylation is 2. The minimum Gasteiger partial charge on any atom is -0.353 e. The first kappa shape index (κ1) is 15.3. The Balaban J connectivity index is 1.91. The lowest BCUT2D eigenvalue weighted by Crippen LogP contribution is -1.85. The summed E-state index contributed by atoms with van der Waals surface area (Å²) >= 11 is 0. The van der Waals surface area contributed by atoms with Gasteiger partial charge >= 0.3 is 0 Å². The molecule has 0 saturated carbocycles. The third kappa shape index (κ3) is 2.95. The molecule has 25 heavy (non-hydrogen) atoms. The smallest absolute Gasteiger partial charge is 0.0624 e. The van der Waals surface area contributed by atoms with Crippen LogP contribution in [0.3, 0.4) is 0 Å². The van der Waals surface area contributed by atoms with Crippen molar-refractivity contribution in [3.63, 3.8) is 0 Å². The molecule has 0 aliphatic rings. The van der Waals surface area contributed by atoms with E-state index in [-0.39, 0.29) is 0 Å². The summed E-state index contributed by atoms with van der Waals surface area (Å²) in [5.41, 5.74) is 7.97. The Morgan fingerprint density at radius 1 is 0.760 bits per heavy atom. The minimum absolute atomic E-state index is 1.06. The Morgan fingerprint density at radius 2 is 1.52 bits per heavy atom. The summed E-state index contributed by atoms with van der Waals surface area (Å²) in [6.45, 7) is 4.22. The SMILES string of the molecule is Cc1ccc(C#Cc2c(-c3ccccc3)[nH]c3ccccc23)c(C)c1. The highest BCUT2D eigenvalue weighted by molar-refractivity contribution is 5.94. The van der Waals surface area contributed by atoms with Gasteiger partial charge < -0.3 is 4.98 Å². The highest BCUT2D eigenvalue weighted by atomic mass is 14.7. The number of hydrogen-bond donors (Lipinski definition) is 1. The predicted octanol–water partition coefficient (Wildman–Crippen LogP) is 5.85. The fourth-order valence-corrected chi connectivity index (χ4v) is 3.18. The molecule has 120 valence electrons. The van der Waals surface area contributed by atoms with Gasteiger partial charge in [0.2, 0.25) is 0 Å². The van der Waals surface area contributed by atoms with E-state index in [4.69, 9.17) is 0 Å². The molecule has 1 heterocycles. The van der Waals surface area contributed by atoms with E-state index in [0.717, 1.165) is 27.9 Å². The van der Waals surface area contributed by atoms with Crippen LogP contribution in [0, 0.1) is 25.7 Å². The molecule has 1 N–H and O–H groups in total. The van der Waals surface area contributed by atoms with Gasteiger partial charge in [0.1, 0.15) is 0 Å². The van der Waals surface area contributed by atoms with Crippen molar-refractivity contribution in [2.75, 3.05) is 0 Å². The molecule has 0 radical (unpaired) electrons. The maximum atomic E-state index is 3.54. The zero-order chi connectivity index (χ0) is 17.2. The van der Waals surface area contributed by atoms with Gasteiger partial charge in [0.15, 0.2) is 0 Å². The number of fused-ring (bicyclic) bond motifs is 1. The van der Waals surface area contributed by atoms with Crippen molar-refractivity contribution in [2.45, 2.75) is 13.8 Å². The van der Waals surface area contributed by atoms with Crippen molar-refractivity contribution >= 4 is 10.9 Å². The first-order chi connectivity index (χ1) is 12.2. The van der Waals surface area contributed by atoms with Gasteiger partial charge in [-0.25, -0.2) is 0 Å². The molecular weight excluding hydrogens is 302 g/mol. The molecule has 0 aliphatic carbocycles. The second-order valence-corrected chi connectivity index (χ2v) is 6.35. The fourth-order valence-electron chi connectivity index (χ4n) is 3.18. The van der Waals surface area contributed by atoms with Crippen molar-refractivity contribution in [2.24, 2.45) is 0 Å². The van der Waals surface area contributed by atoms with Crippen LogP contribution < -0.4 is 0 Å². The zero-order valence-corrected chi connectivity index (χ0v) is 14.4. The third-order valence-electron chi connectivity index (χ3n) is 4.47. The normalized spacial score (nSPS) is 10.5. The van der Waals surface area contributed by atoms with Crippen LogP contribution in [0.5, 0.6) is 0 Å². The Morgan fingerprint density at radius 3 is 2.32 bits per heavy atom. The lowest BCUT2D eigenvalue weighted by atomic mass is 10.0. The average Bonchev–Trinajstić information content (AvgIpc) is 3.00. The summed E-state index contributed by atoms with van der Waals surface area (Å²) in [5, 5.41) is 1.17. The Bertz CT molecular complexity index is 1110. The quantitative estimate of drug-likeness (QED) is 0.423. The van der Waals surface area contributed by atoms with E-state index in [0.29, 0.717) is 0 Å². The number of rotatable bonds is 1. The lowest BCUT2D eigenvalue weighted by molar-refractivity contribution is 1.36. The van der Waals surface area contributed by atoms with Gasteiger partial charge in [-0.15, -0.1) is 0 Å². The molecule has 0 saturated heterocycles. The predicted molar refractivity (Wildman–Crippen MR) is 106 cm³/mol. The van der Waals surface area contributed by atoms with Gasteiger partial charge in [0.05, 0.1) is 11.3 Å². The summed E-state index contributed by atoms with van der Waals surface area (Å²) in [4.78, 5) is 3.54. The van der Waals surface area contributed by atoms with Crippen LogP contribution in [0.2, 0.25) is 0 Å². The van der Waals surface area contributed by atoms with Crippen LogP contribution in [-0.4, -0.2) is 4.98 Å². The molecule has 0 aliphatic heterocycles. The number of aromatic amines is 1. The molecule has 1 heteroatoms. The molecular formula is C24H19N. The van der Waals surface area contributed by atoms with Crippen LogP contribution in [0.1, 0.15) is 22.3 Å². The van der Waals surface area contributed by atoms with Gasteiger partial charge in [-0.1, -0.05) is 78.1 Å². The number of aromatic nitrogens is 1. The monoisotopic (exact) mass is 321 g/mol. The standard InChI is InChI=1S/C24H19N/c1-17-12-13-19(18(2)16-17)14-15-22-21-10-6-7-11-23(21)25-24(22)20-8-4-3-5-9-20/h3-13,16,25H,1-2H3. The molecule has 4 aromatic rings. The van der Waals surface area contributed by atoms with Crippen molar-refractivity contribution in [1.82, 2.24) is 4.98 Å². The number of hydrogen-bond acceptors (Lipinski definition) is 0. The molecule has 0 spiro atoms. The first-order valence-electron chi connectivity index (χ1n) is 8.48. The van der Waals surface area contributed by atoms with Crippen molar-refractivity contribution in [3.8, 4) is 23.1 Å². The molecule has 3 aromatic carbocycles. The first-order valence-corrected chi connectivity index (χ1v) is 8.48. The van der Waals surface area contributed by atoms with Crippen LogP contribution in [0.25, 0.3) is 22.2 Å². The second kappa shape index (κ2) is 6.34. The minimum atomic E-state index is 1.06. The maximum absolute atomic E-state index is 3.54. The van der Waals surface area contributed by atoms with Crippen LogP contribution >= 0.6 is 0 Å². The van der Waals surface area contributed by atoms with Crippen LogP contribution in [0.15, 0.2) is 72.8 Å². The lowest BCUT2D eigenvalue weighted by Gasteiger charge is -2.01. The summed E-state index contributed by atoms with van der Waals surface area (Å²) in [6, 6.07) is 25.1. The molecule has 0 fully saturated rings. The van der Waals surface area contributed by atoms with Crippen LogP contribution in [0.4, 0.5) is 0 Å². The van der Waals surface area contributed by atoms with E-state index in [2.05, 4.69) is 97.4 Å². The topological polar surface area (TPSA) is 15.8 Å². The Hall–Kier alpha value is -3.24. The van der Waals surface area contributed by atoms with E-state index in [1.54, 1.807) is 0 Å². The summed E-state index contributed by atoms with van der Waals surface area (Å²) in [7, 11) is 0. The number of nitrogens with one attached hydrogen (secondary N) is 1. The van der Waals surface area contributed by atoms with Crippen molar-refractivity contribution < 1.29 is 0 Å². The second-order valence-electron chi connectivity index (χ2n) is 6.35. The van der Waals surface area contributed by atoms with Gasteiger partial charge in [-0.3, -0.25) is 0 Å². The van der Waals surface area contributed by atoms with Gasteiger partial charge in [-0.2, -0.15) is 0 Å². The largest absolute Gasteiger partial charge is 0.353 e. The van der Waals surface area contributed by atoms with Crippen molar-refractivity contribution in [1.29, 1.82) is 0 Å². The van der Waals surface area contributed by atoms with Crippen LogP contribution in [-0.2, 0) is 0 Å². The molecule has 1 nitrogen and oxygen atoms in total. The molecule has 1 aromatic heterocycles. The van der Waals surface area contributed by atoms with Gasteiger partial charge in [0, 0.05) is 16.5 Å². The van der Waals surface area contributed by atoms with Gasteiger partial charge in [-0.05, 0) is 37.1 Å². The third-order valence-corrected chi connectivity index (χ3v) is 4.47. The zero-order valence-electron chi connectivity index (χ0n) is 14.4. The summed E-state index contributed by atoms with van der Waals surface area (Å²) in [5.74, 6) is 6.80. The van der Waals surface area contributed by atoms with E-state index in [9.17, 15) is 0 Å². The molecule has 0 amide bonds. The average molecular weight is 321 g/mol. The summed E-state index contributed by atoms with van der Waals surface area (Å²) < 4.78 is 0.